The highest BCUT2D eigenvalue weighted by molar-refractivity contribution is 6.30. The predicted molar refractivity (Wildman–Crippen MR) is 51.9 cm³/mol. The Kier molecular flexibility index (Phi) is 4.03. The van der Waals surface area contributed by atoms with Gasteiger partial charge in [0.2, 0.25) is 0 Å². The van der Waals surface area contributed by atoms with Crippen LogP contribution in [0.5, 0.6) is 0 Å². The number of carboxylic acids is 1. The molecule has 0 atom stereocenters. The van der Waals surface area contributed by atoms with Gasteiger partial charge in [-0.05, 0) is 30.5 Å². The number of halogens is 3. The number of hydrogen-bond acceptors (Lipinski definition) is 1. The van der Waals surface area contributed by atoms with Gasteiger partial charge < -0.3 is 5.11 Å². The summed E-state index contributed by atoms with van der Waals surface area (Å²) in [6.07, 6.45) is 0.638. The Balaban J connectivity index is 2.66. The molecule has 0 amide bonds. The van der Waals surface area contributed by atoms with Gasteiger partial charge in [-0.2, -0.15) is 0 Å². The van der Waals surface area contributed by atoms with Crippen molar-refractivity contribution in [1.29, 1.82) is 0 Å². The number of aryl methyl sites for hydroxylation is 1. The van der Waals surface area contributed by atoms with Crippen molar-refractivity contribution >= 4 is 17.6 Å². The molecule has 0 radical (unpaired) electrons. The first-order chi connectivity index (χ1) is 7.00. The van der Waals surface area contributed by atoms with Crippen LogP contribution in [0.3, 0.4) is 0 Å². The summed E-state index contributed by atoms with van der Waals surface area (Å²) in [5.41, 5.74) is 0.413. The predicted octanol–water partition coefficient (Wildman–Crippen LogP) is 3.03. The fourth-order valence-corrected chi connectivity index (χ4v) is 1.31. The van der Waals surface area contributed by atoms with E-state index in [4.69, 9.17) is 16.7 Å². The molecule has 0 spiro atoms. The molecule has 2 nitrogen and oxygen atoms in total. The molecule has 0 unspecified atom stereocenters. The smallest absolute Gasteiger partial charge is 0.303 e. The van der Waals surface area contributed by atoms with E-state index in [-0.39, 0.29) is 6.42 Å². The number of benzene rings is 1. The second-order valence-electron chi connectivity index (χ2n) is 3.12. The lowest BCUT2D eigenvalue weighted by Gasteiger charge is -2.02. The summed E-state index contributed by atoms with van der Waals surface area (Å²) in [4.78, 5) is 10.2. The first kappa shape index (κ1) is 11.9. The average Bonchev–Trinajstić information content (AvgIpc) is 2.13. The standard InChI is InChI=1S/C10H9ClF2O2/c11-10-7(12)4-6(5-8(10)13)2-1-3-9(14)15/h4-5H,1-3H2,(H,14,15). The van der Waals surface area contributed by atoms with E-state index in [0.717, 1.165) is 12.1 Å². The summed E-state index contributed by atoms with van der Waals surface area (Å²) in [6, 6.07) is 2.24. The molecule has 0 saturated heterocycles. The highest BCUT2D eigenvalue weighted by atomic mass is 35.5. The normalized spacial score (nSPS) is 10.3. The van der Waals surface area contributed by atoms with Crippen molar-refractivity contribution in [1.82, 2.24) is 0 Å². The van der Waals surface area contributed by atoms with Gasteiger partial charge in [0.1, 0.15) is 16.7 Å². The molecule has 5 heteroatoms. The highest BCUT2D eigenvalue weighted by Gasteiger charge is 2.08. The van der Waals surface area contributed by atoms with E-state index in [1.54, 1.807) is 0 Å². The monoisotopic (exact) mass is 234 g/mol. The minimum absolute atomic E-state index is 0.0220. The van der Waals surface area contributed by atoms with Gasteiger partial charge >= 0.3 is 5.97 Å². The quantitative estimate of drug-likeness (QED) is 0.813. The van der Waals surface area contributed by atoms with Crippen molar-refractivity contribution in [2.45, 2.75) is 19.3 Å². The fourth-order valence-electron chi connectivity index (χ4n) is 1.20. The SMILES string of the molecule is O=C(O)CCCc1cc(F)c(Cl)c(F)c1. The van der Waals surface area contributed by atoms with E-state index in [0.29, 0.717) is 18.4 Å². The Morgan fingerprint density at radius 1 is 1.33 bits per heavy atom. The molecule has 0 heterocycles. The molecule has 0 saturated carbocycles. The molecule has 0 fully saturated rings. The maximum absolute atomic E-state index is 12.9. The van der Waals surface area contributed by atoms with Crippen LogP contribution in [0.2, 0.25) is 5.02 Å². The molecule has 0 aliphatic rings. The minimum Gasteiger partial charge on any atom is -0.481 e. The third-order valence-electron chi connectivity index (χ3n) is 1.90. The molecule has 15 heavy (non-hydrogen) atoms. The summed E-state index contributed by atoms with van der Waals surface area (Å²) in [5, 5.41) is 7.84. The molecule has 0 aromatic heterocycles. The number of rotatable bonds is 4. The second kappa shape index (κ2) is 5.07. The van der Waals surface area contributed by atoms with E-state index in [1.807, 2.05) is 0 Å². The summed E-state index contributed by atoms with van der Waals surface area (Å²) < 4.78 is 25.9. The van der Waals surface area contributed by atoms with Gasteiger partial charge in [-0.1, -0.05) is 11.6 Å². The van der Waals surface area contributed by atoms with Crippen LogP contribution in [0.25, 0.3) is 0 Å². The third kappa shape index (κ3) is 3.47. The molecular formula is C10H9ClF2O2. The largest absolute Gasteiger partial charge is 0.481 e. The molecule has 0 bridgehead atoms. The van der Waals surface area contributed by atoms with Gasteiger partial charge in [-0.25, -0.2) is 8.78 Å². The van der Waals surface area contributed by atoms with Crippen LogP contribution < -0.4 is 0 Å². The zero-order valence-electron chi connectivity index (χ0n) is 7.77. The van der Waals surface area contributed by atoms with Crippen molar-refractivity contribution in [2.75, 3.05) is 0 Å². The van der Waals surface area contributed by atoms with Crippen LogP contribution in [0, 0.1) is 11.6 Å². The Labute approximate surface area is 90.5 Å². The number of aliphatic carboxylic acids is 1. The van der Waals surface area contributed by atoms with Crippen LogP contribution in [-0.4, -0.2) is 11.1 Å². The zero-order chi connectivity index (χ0) is 11.4. The molecule has 1 aromatic rings. The molecule has 1 N–H and O–H groups in total. The summed E-state index contributed by atoms with van der Waals surface area (Å²) in [7, 11) is 0. The van der Waals surface area contributed by atoms with Crippen LogP contribution in [0.15, 0.2) is 12.1 Å². The van der Waals surface area contributed by atoms with Gasteiger partial charge in [0, 0.05) is 6.42 Å². The van der Waals surface area contributed by atoms with Gasteiger partial charge in [0.25, 0.3) is 0 Å². The summed E-state index contributed by atoms with van der Waals surface area (Å²) in [5.74, 6) is -2.56. The maximum Gasteiger partial charge on any atom is 0.303 e. The number of carboxylic acid groups (broad SMARTS) is 1. The van der Waals surface area contributed by atoms with E-state index < -0.39 is 22.6 Å². The Morgan fingerprint density at radius 2 is 1.87 bits per heavy atom. The second-order valence-corrected chi connectivity index (χ2v) is 3.50. The lowest BCUT2D eigenvalue weighted by molar-refractivity contribution is -0.137. The first-order valence-electron chi connectivity index (χ1n) is 4.36. The lowest BCUT2D eigenvalue weighted by atomic mass is 10.1. The fraction of sp³-hybridized carbons (Fsp3) is 0.300. The van der Waals surface area contributed by atoms with E-state index in [2.05, 4.69) is 0 Å². The van der Waals surface area contributed by atoms with E-state index >= 15 is 0 Å². The van der Waals surface area contributed by atoms with Crippen LogP contribution in [0.1, 0.15) is 18.4 Å². The highest BCUT2D eigenvalue weighted by Crippen LogP contribution is 2.21. The van der Waals surface area contributed by atoms with E-state index in [1.165, 1.54) is 0 Å². The van der Waals surface area contributed by atoms with Crippen molar-refractivity contribution < 1.29 is 18.7 Å². The van der Waals surface area contributed by atoms with Crippen LogP contribution in [0.4, 0.5) is 8.78 Å². The van der Waals surface area contributed by atoms with E-state index in [9.17, 15) is 13.6 Å². The van der Waals surface area contributed by atoms with Crippen molar-refractivity contribution in [2.24, 2.45) is 0 Å². The Bertz CT molecular complexity index is 357. The minimum atomic E-state index is -0.926. The summed E-state index contributed by atoms with van der Waals surface area (Å²) >= 11 is 5.29. The lowest BCUT2D eigenvalue weighted by Crippen LogP contribution is -1.97. The molecule has 0 aliphatic carbocycles. The van der Waals surface area contributed by atoms with Crippen molar-refractivity contribution in [3.8, 4) is 0 Å². The van der Waals surface area contributed by atoms with Gasteiger partial charge in [0.05, 0.1) is 0 Å². The van der Waals surface area contributed by atoms with Gasteiger partial charge in [-0.15, -0.1) is 0 Å². The molecule has 1 rings (SSSR count). The Morgan fingerprint density at radius 3 is 2.33 bits per heavy atom. The number of carbonyl (C=O) groups is 1. The maximum atomic E-state index is 12.9. The Hall–Kier alpha value is -1.16. The summed E-state index contributed by atoms with van der Waals surface area (Å²) in [6.45, 7) is 0. The molecule has 82 valence electrons. The average molecular weight is 235 g/mol. The van der Waals surface area contributed by atoms with Gasteiger partial charge in [-0.3, -0.25) is 4.79 Å². The van der Waals surface area contributed by atoms with Crippen LogP contribution in [-0.2, 0) is 11.2 Å². The van der Waals surface area contributed by atoms with Crippen molar-refractivity contribution in [3.63, 3.8) is 0 Å². The third-order valence-corrected chi connectivity index (χ3v) is 2.26. The molecular weight excluding hydrogens is 226 g/mol. The van der Waals surface area contributed by atoms with Gasteiger partial charge in [0.15, 0.2) is 0 Å². The first-order valence-corrected chi connectivity index (χ1v) is 4.73. The molecule has 1 aromatic carbocycles. The topological polar surface area (TPSA) is 37.3 Å². The molecule has 0 aliphatic heterocycles. The zero-order valence-corrected chi connectivity index (χ0v) is 8.52. The number of hydrogen-bond donors (Lipinski definition) is 1. The van der Waals surface area contributed by atoms with Crippen molar-refractivity contribution in [3.05, 3.63) is 34.4 Å². The van der Waals surface area contributed by atoms with Crippen LogP contribution >= 0.6 is 11.6 Å².